The Bertz CT molecular complexity index is 801. The lowest BCUT2D eigenvalue weighted by atomic mass is 10.1. The number of rotatable bonds is 10. The first-order valence-electron chi connectivity index (χ1n) is 10.6. The van der Waals surface area contributed by atoms with Crippen LogP contribution in [0.3, 0.4) is 0 Å². The first-order valence-corrected chi connectivity index (χ1v) is 11.0. The molecule has 1 aromatic carbocycles. The average Bonchev–Trinajstić information content (AvgIpc) is 3.54. The maximum atomic E-state index is 6.61. The Balaban J connectivity index is 1.91. The van der Waals surface area contributed by atoms with Crippen LogP contribution in [0.4, 0.5) is 0 Å². The maximum absolute atomic E-state index is 6.61. The van der Waals surface area contributed by atoms with E-state index in [1.807, 2.05) is 18.2 Å². The summed E-state index contributed by atoms with van der Waals surface area (Å²) in [5.74, 6) is 2.19. The van der Waals surface area contributed by atoms with Gasteiger partial charge < -0.3 is 9.47 Å². The van der Waals surface area contributed by atoms with Crippen molar-refractivity contribution in [1.29, 1.82) is 0 Å². The van der Waals surface area contributed by atoms with Gasteiger partial charge in [-0.3, -0.25) is 0 Å². The highest BCUT2D eigenvalue weighted by Gasteiger charge is 2.22. The lowest BCUT2D eigenvalue weighted by Gasteiger charge is -2.19. The molecule has 0 atom stereocenters. The van der Waals surface area contributed by atoms with Gasteiger partial charge in [-0.15, -0.1) is 0 Å². The van der Waals surface area contributed by atoms with E-state index in [2.05, 4.69) is 27.7 Å². The molecular formula is C23H31ClN2O2. The first kappa shape index (κ1) is 20.9. The van der Waals surface area contributed by atoms with Gasteiger partial charge in [0.1, 0.15) is 11.4 Å². The largest absolute Gasteiger partial charge is 0.493 e. The van der Waals surface area contributed by atoms with E-state index in [1.165, 1.54) is 12.8 Å². The van der Waals surface area contributed by atoms with Gasteiger partial charge in [0, 0.05) is 5.56 Å². The summed E-state index contributed by atoms with van der Waals surface area (Å²) in [6.07, 6.45) is 6.15. The zero-order valence-electron chi connectivity index (χ0n) is 17.4. The molecule has 0 spiro atoms. The van der Waals surface area contributed by atoms with Crippen LogP contribution in [0.2, 0.25) is 5.02 Å². The fraction of sp³-hybridized carbons (Fsp3) is 0.565. The van der Waals surface area contributed by atoms with E-state index < -0.39 is 0 Å². The maximum Gasteiger partial charge on any atom is 0.236 e. The van der Waals surface area contributed by atoms with Crippen molar-refractivity contribution in [3.63, 3.8) is 0 Å². The van der Waals surface area contributed by atoms with Gasteiger partial charge in [0.15, 0.2) is 0 Å². The number of nitrogens with zero attached hydrogens (tertiary/aromatic N) is 2. The van der Waals surface area contributed by atoms with E-state index in [4.69, 9.17) is 31.0 Å². The lowest BCUT2D eigenvalue weighted by molar-refractivity contribution is 0.181. The summed E-state index contributed by atoms with van der Waals surface area (Å²) in [6, 6.07) is 5.86. The van der Waals surface area contributed by atoms with Gasteiger partial charge in [-0.2, -0.15) is 0 Å². The van der Waals surface area contributed by atoms with E-state index in [1.54, 1.807) is 0 Å². The number of ether oxygens (including phenoxy) is 2. The molecule has 3 rings (SSSR count). The molecule has 0 radical (unpaired) electrons. The predicted molar refractivity (Wildman–Crippen MR) is 114 cm³/mol. The molecule has 2 aromatic rings. The number of halogens is 1. The van der Waals surface area contributed by atoms with Crippen molar-refractivity contribution in [2.75, 3.05) is 6.61 Å². The SMILES string of the molecule is CCc1nc(-c2ccc(OCC3CC3)cc2Cl)c(CC)nc1OC(CC)CC. The van der Waals surface area contributed by atoms with E-state index in [9.17, 15) is 0 Å². The highest BCUT2D eigenvalue weighted by atomic mass is 35.5. The normalized spacial score (nSPS) is 13.8. The zero-order valence-corrected chi connectivity index (χ0v) is 18.2. The molecule has 1 heterocycles. The molecule has 0 N–H and O–H groups in total. The minimum absolute atomic E-state index is 0.168. The molecular weight excluding hydrogens is 372 g/mol. The second kappa shape index (κ2) is 9.60. The molecule has 0 amide bonds. The molecule has 4 nitrogen and oxygen atoms in total. The third kappa shape index (κ3) is 4.96. The van der Waals surface area contributed by atoms with E-state index in [-0.39, 0.29) is 6.10 Å². The lowest BCUT2D eigenvalue weighted by Crippen LogP contribution is -2.17. The van der Waals surface area contributed by atoms with E-state index in [0.29, 0.717) is 16.8 Å². The molecule has 1 saturated carbocycles. The summed E-state index contributed by atoms with van der Waals surface area (Å²) in [5.41, 5.74) is 3.53. The van der Waals surface area contributed by atoms with Crippen molar-refractivity contribution in [2.24, 2.45) is 5.92 Å². The van der Waals surface area contributed by atoms with Gasteiger partial charge in [-0.1, -0.05) is 39.3 Å². The number of aromatic nitrogens is 2. The van der Waals surface area contributed by atoms with Crippen molar-refractivity contribution >= 4 is 11.6 Å². The Morgan fingerprint density at radius 1 is 1.04 bits per heavy atom. The monoisotopic (exact) mass is 402 g/mol. The van der Waals surface area contributed by atoms with Gasteiger partial charge in [0.2, 0.25) is 5.88 Å². The Morgan fingerprint density at radius 2 is 1.75 bits per heavy atom. The van der Waals surface area contributed by atoms with E-state index in [0.717, 1.165) is 60.7 Å². The summed E-state index contributed by atoms with van der Waals surface area (Å²) in [5, 5.41) is 0.646. The van der Waals surface area contributed by atoms with Crippen LogP contribution < -0.4 is 9.47 Å². The van der Waals surface area contributed by atoms with Crippen molar-refractivity contribution in [1.82, 2.24) is 9.97 Å². The third-order valence-corrected chi connectivity index (χ3v) is 5.55. The summed E-state index contributed by atoms with van der Waals surface area (Å²) >= 11 is 6.61. The highest BCUT2D eigenvalue weighted by molar-refractivity contribution is 6.33. The molecule has 0 saturated heterocycles. The molecule has 1 fully saturated rings. The van der Waals surface area contributed by atoms with Crippen molar-refractivity contribution in [2.45, 2.75) is 72.3 Å². The standard InChI is InChI=1S/C23H31ClN2O2/c1-5-16(6-2)28-23-21(8-4)25-22(20(7-3)26-23)18-12-11-17(13-19(18)24)27-14-15-9-10-15/h11-13,15-16H,5-10,14H2,1-4H3. The van der Waals surface area contributed by atoms with Gasteiger partial charge >= 0.3 is 0 Å². The second-order valence-electron chi connectivity index (χ2n) is 7.43. The van der Waals surface area contributed by atoms with Crippen LogP contribution in [0.1, 0.15) is 64.8 Å². The summed E-state index contributed by atoms with van der Waals surface area (Å²) in [4.78, 5) is 9.75. The summed E-state index contributed by atoms with van der Waals surface area (Å²) < 4.78 is 12.0. The molecule has 1 aromatic heterocycles. The number of hydrogen-bond acceptors (Lipinski definition) is 4. The molecule has 0 aliphatic heterocycles. The molecule has 0 bridgehead atoms. The van der Waals surface area contributed by atoms with Gasteiger partial charge in [0.05, 0.1) is 29.1 Å². The van der Waals surface area contributed by atoms with Crippen LogP contribution in [0, 0.1) is 5.92 Å². The van der Waals surface area contributed by atoms with Crippen molar-refractivity contribution < 1.29 is 9.47 Å². The Hall–Kier alpha value is -1.81. The Morgan fingerprint density at radius 3 is 2.32 bits per heavy atom. The van der Waals surface area contributed by atoms with Crippen LogP contribution in [0.5, 0.6) is 11.6 Å². The Labute approximate surface area is 173 Å². The van der Waals surface area contributed by atoms with Gasteiger partial charge in [-0.05, 0) is 62.6 Å². The Kier molecular flexibility index (Phi) is 7.17. The number of benzene rings is 1. The number of aryl methyl sites for hydroxylation is 2. The minimum Gasteiger partial charge on any atom is -0.493 e. The number of hydrogen-bond donors (Lipinski definition) is 0. The molecule has 0 unspecified atom stereocenters. The smallest absolute Gasteiger partial charge is 0.236 e. The topological polar surface area (TPSA) is 44.2 Å². The van der Waals surface area contributed by atoms with Crippen LogP contribution in [-0.4, -0.2) is 22.7 Å². The first-order chi connectivity index (χ1) is 13.6. The zero-order chi connectivity index (χ0) is 20.1. The minimum atomic E-state index is 0.168. The van der Waals surface area contributed by atoms with Crippen LogP contribution in [0.25, 0.3) is 11.3 Å². The van der Waals surface area contributed by atoms with E-state index >= 15 is 0 Å². The third-order valence-electron chi connectivity index (χ3n) is 5.24. The fourth-order valence-electron chi connectivity index (χ4n) is 3.16. The van der Waals surface area contributed by atoms with Gasteiger partial charge in [-0.25, -0.2) is 9.97 Å². The van der Waals surface area contributed by atoms with Crippen molar-refractivity contribution in [3.8, 4) is 22.9 Å². The fourth-order valence-corrected chi connectivity index (χ4v) is 3.42. The van der Waals surface area contributed by atoms with Crippen LogP contribution in [0.15, 0.2) is 18.2 Å². The molecule has 28 heavy (non-hydrogen) atoms. The molecule has 152 valence electrons. The predicted octanol–water partition coefficient (Wildman–Crippen LogP) is 6.28. The molecule has 1 aliphatic rings. The van der Waals surface area contributed by atoms with Crippen molar-refractivity contribution in [3.05, 3.63) is 34.6 Å². The highest BCUT2D eigenvalue weighted by Crippen LogP contribution is 2.35. The summed E-state index contributed by atoms with van der Waals surface area (Å²) in [7, 11) is 0. The summed E-state index contributed by atoms with van der Waals surface area (Å²) in [6.45, 7) is 9.21. The van der Waals surface area contributed by atoms with Crippen LogP contribution >= 0.6 is 11.6 Å². The molecule has 1 aliphatic carbocycles. The molecule has 5 heteroatoms. The van der Waals surface area contributed by atoms with Gasteiger partial charge in [0.25, 0.3) is 0 Å². The second-order valence-corrected chi connectivity index (χ2v) is 7.84. The average molecular weight is 403 g/mol. The quantitative estimate of drug-likeness (QED) is 0.469. The van der Waals surface area contributed by atoms with Crippen LogP contribution in [-0.2, 0) is 12.8 Å².